The van der Waals surface area contributed by atoms with Crippen LogP contribution < -0.4 is 5.43 Å². The van der Waals surface area contributed by atoms with Crippen LogP contribution in [-0.2, 0) is 0 Å². The lowest BCUT2D eigenvalue weighted by molar-refractivity contribution is 0.368. The molecule has 4 N–H and O–H groups in total. The van der Waals surface area contributed by atoms with Gasteiger partial charge in [0.15, 0.2) is 23.0 Å². The van der Waals surface area contributed by atoms with Crippen LogP contribution in [0.5, 0.6) is 23.0 Å². The maximum Gasteiger partial charge on any atom is 0.235 e. The van der Waals surface area contributed by atoms with Crippen molar-refractivity contribution in [1.82, 2.24) is 0 Å². The molecule has 2 aromatic carbocycles. The van der Waals surface area contributed by atoms with E-state index in [1.165, 1.54) is 0 Å². The van der Waals surface area contributed by atoms with Gasteiger partial charge in [-0.2, -0.15) is 0 Å². The first kappa shape index (κ1) is 18.6. The third-order valence-corrected chi connectivity index (χ3v) is 4.90. The fraction of sp³-hybridized carbons (Fsp3) is 0.286. The molecule has 0 amide bonds. The molecule has 0 spiro atoms. The van der Waals surface area contributed by atoms with Gasteiger partial charge in [-0.1, -0.05) is 26.8 Å². The Kier molecular flexibility index (Phi) is 4.74. The van der Waals surface area contributed by atoms with Crippen molar-refractivity contribution in [2.45, 2.75) is 33.1 Å². The highest BCUT2D eigenvalue weighted by molar-refractivity contribution is 5.83. The number of phenolic OH excluding ortho intramolecular Hbond substituents is 3. The molecule has 0 saturated carbocycles. The zero-order valence-electron chi connectivity index (χ0n) is 15.4. The molecule has 27 heavy (non-hydrogen) atoms. The number of hydrogen-bond donors (Lipinski definition) is 4. The van der Waals surface area contributed by atoms with Crippen LogP contribution in [0.3, 0.4) is 0 Å². The van der Waals surface area contributed by atoms with Crippen molar-refractivity contribution in [3.05, 3.63) is 46.1 Å². The Morgan fingerprint density at radius 1 is 0.963 bits per heavy atom. The smallest absolute Gasteiger partial charge is 0.235 e. The predicted molar refractivity (Wildman–Crippen MR) is 102 cm³/mol. The average Bonchev–Trinajstić information content (AvgIpc) is 2.62. The Labute approximate surface area is 156 Å². The molecule has 0 bridgehead atoms. The lowest BCUT2D eigenvalue weighted by Crippen LogP contribution is -2.07. The first-order chi connectivity index (χ1) is 12.7. The molecule has 0 aliphatic carbocycles. The first-order valence-electron chi connectivity index (χ1n) is 8.79. The summed E-state index contributed by atoms with van der Waals surface area (Å²) in [6.07, 6.45) is 0.929. The minimum absolute atomic E-state index is 0.0700. The lowest BCUT2D eigenvalue weighted by Gasteiger charge is -2.19. The fourth-order valence-electron chi connectivity index (χ4n) is 3.45. The molecule has 142 valence electrons. The van der Waals surface area contributed by atoms with Crippen molar-refractivity contribution in [3.63, 3.8) is 0 Å². The second-order valence-electron chi connectivity index (χ2n) is 6.99. The van der Waals surface area contributed by atoms with E-state index in [1.807, 2.05) is 6.07 Å². The van der Waals surface area contributed by atoms with Gasteiger partial charge in [0.05, 0.1) is 5.39 Å². The Hall–Kier alpha value is -3.15. The highest BCUT2D eigenvalue weighted by atomic mass is 16.4. The van der Waals surface area contributed by atoms with Gasteiger partial charge in [-0.3, -0.25) is 4.79 Å². The summed E-state index contributed by atoms with van der Waals surface area (Å²) in [7, 11) is 0. The first-order valence-corrected chi connectivity index (χ1v) is 8.79. The van der Waals surface area contributed by atoms with Crippen LogP contribution in [0, 0.1) is 5.92 Å². The van der Waals surface area contributed by atoms with Crippen LogP contribution >= 0.6 is 0 Å². The number of benzene rings is 2. The number of aromatic hydroxyl groups is 4. The molecule has 0 fully saturated rings. The highest BCUT2D eigenvalue weighted by Gasteiger charge is 2.20. The monoisotopic (exact) mass is 370 g/mol. The van der Waals surface area contributed by atoms with Crippen LogP contribution in [0.15, 0.2) is 39.5 Å². The maximum absolute atomic E-state index is 12.6. The number of fused-ring (bicyclic) bond motifs is 1. The molecular weight excluding hydrogens is 348 g/mol. The van der Waals surface area contributed by atoms with Crippen LogP contribution in [-0.4, -0.2) is 20.4 Å². The topological polar surface area (TPSA) is 111 Å². The quantitative estimate of drug-likeness (QED) is 0.506. The molecule has 6 heteroatoms. The van der Waals surface area contributed by atoms with E-state index in [0.29, 0.717) is 17.4 Å². The minimum Gasteiger partial charge on any atom is -0.504 e. The van der Waals surface area contributed by atoms with Gasteiger partial charge in [-0.15, -0.1) is 0 Å². The Balaban J connectivity index is 2.26. The molecule has 0 aliphatic rings. The summed E-state index contributed by atoms with van der Waals surface area (Å²) in [6.45, 7) is 6.34. The van der Waals surface area contributed by atoms with Gasteiger partial charge in [0.25, 0.3) is 0 Å². The molecule has 6 nitrogen and oxygen atoms in total. The second-order valence-corrected chi connectivity index (χ2v) is 6.99. The van der Waals surface area contributed by atoms with Gasteiger partial charge in [0.2, 0.25) is 11.2 Å². The zero-order valence-corrected chi connectivity index (χ0v) is 15.4. The van der Waals surface area contributed by atoms with Gasteiger partial charge < -0.3 is 24.8 Å². The van der Waals surface area contributed by atoms with E-state index < -0.39 is 28.4 Å². The van der Waals surface area contributed by atoms with E-state index in [2.05, 4.69) is 20.8 Å². The van der Waals surface area contributed by atoms with Crippen molar-refractivity contribution >= 4 is 11.0 Å². The largest absolute Gasteiger partial charge is 0.504 e. The van der Waals surface area contributed by atoms with E-state index in [4.69, 9.17) is 4.42 Å². The second kappa shape index (κ2) is 6.87. The van der Waals surface area contributed by atoms with E-state index in [-0.39, 0.29) is 16.7 Å². The molecule has 1 atom stereocenters. The normalized spacial score (nSPS) is 12.6. The number of hydrogen-bond acceptors (Lipinski definition) is 6. The Bertz CT molecular complexity index is 1040. The predicted octanol–water partition coefficient (Wildman–Crippen LogP) is 4.43. The Morgan fingerprint density at radius 2 is 1.59 bits per heavy atom. The third kappa shape index (κ3) is 3.18. The standard InChI is InChI=1S/C21H22O6/c1-4-13(10(2)3)11-5-6-14-17(9-11)27-21(20(26)18(14)24)12-7-15(22)19(25)16(23)8-12/h5-10,13,22-23,25-26H,4H2,1-3H3. The summed E-state index contributed by atoms with van der Waals surface area (Å²) >= 11 is 0. The summed E-state index contributed by atoms with van der Waals surface area (Å²) in [5.41, 5.74) is 0.788. The highest BCUT2D eigenvalue weighted by Crippen LogP contribution is 2.41. The maximum atomic E-state index is 12.6. The molecule has 1 unspecified atom stereocenters. The summed E-state index contributed by atoms with van der Waals surface area (Å²) in [5, 5.41) is 39.4. The summed E-state index contributed by atoms with van der Waals surface area (Å²) in [6, 6.07) is 7.49. The van der Waals surface area contributed by atoms with Crippen LogP contribution in [0.4, 0.5) is 0 Å². The minimum atomic E-state index is -0.689. The van der Waals surface area contributed by atoms with Crippen molar-refractivity contribution < 1.29 is 24.8 Å². The number of rotatable bonds is 4. The van der Waals surface area contributed by atoms with Crippen LogP contribution in [0.2, 0.25) is 0 Å². The zero-order chi connectivity index (χ0) is 19.9. The summed E-state index contributed by atoms with van der Waals surface area (Å²) in [5.74, 6) is -1.99. The van der Waals surface area contributed by atoms with Crippen molar-refractivity contribution in [2.24, 2.45) is 5.92 Å². The van der Waals surface area contributed by atoms with Crippen LogP contribution in [0.1, 0.15) is 38.7 Å². The van der Waals surface area contributed by atoms with Gasteiger partial charge in [0, 0.05) is 5.56 Å². The van der Waals surface area contributed by atoms with Crippen molar-refractivity contribution in [2.75, 3.05) is 0 Å². The van der Waals surface area contributed by atoms with Gasteiger partial charge in [0.1, 0.15) is 5.58 Å². The van der Waals surface area contributed by atoms with Crippen molar-refractivity contribution in [1.29, 1.82) is 0 Å². The molecular formula is C21H22O6. The summed E-state index contributed by atoms with van der Waals surface area (Å²) < 4.78 is 5.77. The summed E-state index contributed by atoms with van der Waals surface area (Å²) in [4.78, 5) is 12.6. The molecule has 0 aliphatic heterocycles. The third-order valence-electron chi connectivity index (χ3n) is 4.90. The molecule has 1 aromatic heterocycles. The van der Waals surface area contributed by atoms with Crippen molar-refractivity contribution in [3.8, 4) is 34.3 Å². The average molecular weight is 370 g/mol. The van der Waals surface area contributed by atoms with Crippen LogP contribution in [0.25, 0.3) is 22.3 Å². The molecule has 3 rings (SSSR count). The van der Waals surface area contributed by atoms with Gasteiger partial charge in [-0.25, -0.2) is 0 Å². The van der Waals surface area contributed by atoms with Gasteiger partial charge >= 0.3 is 0 Å². The number of phenols is 3. The van der Waals surface area contributed by atoms with E-state index in [9.17, 15) is 25.2 Å². The van der Waals surface area contributed by atoms with Gasteiger partial charge in [-0.05, 0) is 48.1 Å². The SMILES string of the molecule is CCC(c1ccc2c(=O)c(O)c(-c3cc(O)c(O)c(O)c3)oc2c1)C(C)C. The van der Waals surface area contributed by atoms with E-state index >= 15 is 0 Å². The molecule has 1 heterocycles. The molecule has 0 radical (unpaired) electrons. The fourth-order valence-corrected chi connectivity index (χ4v) is 3.45. The van der Waals surface area contributed by atoms with E-state index in [0.717, 1.165) is 24.1 Å². The molecule has 0 saturated heterocycles. The van der Waals surface area contributed by atoms with E-state index in [1.54, 1.807) is 12.1 Å². The molecule has 3 aromatic rings. The Morgan fingerprint density at radius 3 is 2.15 bits per heavy atom. The lowest BCUT2D eigenvalue weighted by atomic mass is 9.86.